The number of benzene rings is 2. The van der Waals surface area contributed by atoms with E-state index in [1.807, 2.05) is 25.1 Å². The van der Waals surface area contributed by atoms with Gasteiger partial charge in [-0.2, -0.15) is 0 Å². The van der Waals surface area contributed by atoms with Crippen LogP contribution in [-0.4, -0.2) is 13.1 Å². The maximum absolute atomic E-state index is 13.2. The van der Waals surface area contributed by atoms with Gasteiger partial charge in [-0.1, -0.05) is 30.3 Å². The molecule has 0 radical (unpaired) electrons. The lowest BCUT2D eigenvalue weighted by atomic mass is 10.1. The minimum absolute atomic E-state index is 0.0218. The van der Waals surface area contributed by atoms with Crippen molar-refractivity contribution >= 4 is 5.97 Å². The van der Waals surface area contributed by atoms with Crippen molar-refractivity contribution in [3.05, 3.63) is 71.0 Å². The Hall–Kier alpha value is -2.20. The van der Waals surface area contributed by atoms with Crippen LogP contribution in [0.1, 0.15) is 34.5 Å². The molecule has 0 unspecified atom stereocenters. The summed E-state index contributed by atoms with van der Waals surface area (Å²) in [6.07, 6.45) is 0. The summed E-state index contributed by atoms with van der Waals surface area (Å²) >= 11 is 0. The van der Waals surface area contributed by atoms with Gasteiger partial charge in [-0.15, -0.1) is 0 Å². The first-order chi connectivity index (χ1) is 10.1. The zero-order valence-electron chi connectivity index (χ0n) is 12.1. The van der Waals surface area contributed by atoms with Crippen LogP contribution in [0.15, 0.2) is 48.5 Å². The summed E-state index contributed by atoms with van der Waals surface area (Å²) in [5, 5.41) is 3.29. The summed E-state index contributed by atoms with van der Waals surface area (Å²) in [6.45, 7) is 2.46. The van der Waals surface area contributed by atoms with Gasteiger partial charge in [0.05, 0.1) is 12.7 Å². The van der Waals surface area contributed by atoms with Crippen molar-refractivity contribution in [1.29, 1.82) is 0 Å². The summed E-state index contributed by atoms with van der Waals surface area (Å²) in [7, 11) is 1.36. The zero-order valence-corrected chi connectivity index (χ0v) is 12.1. The van der Waals surface area contributed by atoms with Crippen molar-refractivity contribution in [1.82, 2.24) is 5.32 Å². The van der Waals surface area contributed by atoms with Gasteiger partial charge in [0.15, 0.2) is 0 Å². The second kappa shape index (κ2) is 6.99. The Morgan fingerprint density at radius 3 is 2.71 bits per heavy atom. The van der Waals surface area contributed by atoms with Crippen molar-refractivity contribution in [2.45, 2.75) is 19.5 Å². The van der Waals surface area contributed by atoms with Gasteiger partial charge in [0.2, 0.25) is 0 Å². The van der Waals surface area contributed by atoms with Gasteiger partial charge in [-0.05, 0) is 36.2 Å². The molecule has 1 atom stereocenters. The fourth-order valence-corrected chi connectivity index (χ4v) is 2.14. The van der Waals surface area contributed by atoms with Gasteiger partial charge in [0.1, 0.15) is 5.82 Å². The number of rotatable bonds is 5. The first kappa shape index (κ1) is 15.2. The normalized spacial score (nSPS) is 12.0. The smallest absolute Gasteiger partial charge is 0.338 e. The van der Waals surface area contributed by atoms with Crippen LogP contribution in [0.2, 0.25) is 0 Å². The van der Waals surface area contributed by atoms with E-state index in [1.165, 1.54) is 19.2 Å². The number of esters is 1. The number of halogens is 1. The van der Waals surface area contributed by atoms with Crippen molar-refractivity contribution in [3.63, 3.8) is 0 Å². The standard InChI is InChI=1S/C17H18FNO2/c1-12(13-7-5-8-15(18)10-13)19-11-14-6-3-4-9-16(14)17(20)21-2/h3-10,12,19H,11H2,1-2H3/t12-/m1/s1. The maximum atomic E-state index is 13.2. The van der Waals surface area contributed by atoms with Crippen LogP contribution in [0.3, 0.4) is 0 Å². The lowest BCUT2D eigenvalue weighted by Gasteiger charge is -2.15. The van der Waals surface area contributed by atoms with Crippen LogP contribution >= 0.6 is 0 Å². The molecule has 0 bridgehead atoms. The molecule has 0 aliphatic rings. The van der Waals surface area contributed by atoms with E-state index in [0.717, 1.165) is 11.1 Å². The SMILES string of the molecule is COC(=O)c1ccccc1CN[C@H](C)c1cccc(F)c1. The highest BCUT2D eigenvalue weighted by molar-refractivity contribution is 5.90. The number of hydrogen-bond acceptors (Lipinski definition) is 3. The van der Waals surface area contributed by atoms with E-state index in [0.29, 0.717) is 12.1 Å². The van der Waals surface area contributed by atoms with Crippen LogP contribution in [0.4, 0.5) is 4.39 Å². The molecule has 4 heteroatoms. The van der Waals surface area contributed by atoms with Crippen LogP contribution in [-0.2, 0) is 11.3 Å². The molecule has 0 saturated heterocycles. The number of methoxy groups -OCH3 is 1. The maximum Gasteiger partial charge on any atom is 0.338 e. The topological polar surface area (TPSA) is 38.3 Å². The number of carbonyl (C=O) groups excluding carboxylic acids is 1. The summed E-state index contributed by atoms with van der Waals surface area (Å²) in [4.78, 5) is 11.7. The van der Waals surface area contributed by atoms with E-state index in [-0.39, 0.29) is 17.8 Å². The van der Waals surface area contributed by atoms with Crippen LogP contribution in [0.5, 0.6) is 0 Å². The quantitative estimate of drug-likeness (QED) is 0.856. The molecule has 2 aromatic carbocycles. The minimum Gasteiger partial charge on any atom is -0.465 e. The monoisotopic (exact) mass is 287 g/mol. The molecule has 0 aromatic heterocycles. The molecule has 2 rings (SSSR count). The fraction of sp³-hybridized carbons (Fsp3) is 0.235. The molecule has 21 heavy (non-hydrogen) atoms. The van der Waals surface area contributed by atoms with Crippen LogP contribution < -0.4 is 5.32 Å². The molecule has 0 spiro atoms. The Morgan fingerprint density at radius 1 is 1.24 bits per heavy atom. The second-order valence-electron chi connectivity index (χ2n) is 4.81. The average Bonchev–Trinajstić information content (AvgIpc) is 2.52. The Bertz CT molecular complexity index is 628. The molecule has 0 aliphatic heterocycles. The lowest BCUT2D eigenvalue weighted by molar-refractivity contribution is 0.0599. The minimum atomic E-state index is -0.356. The van der Waals surface area contributed by atoms with Gasteiger partial charge in [-0.25, -0.2) is 9.18 Å². The van der Waals surface area contributed by atoms with E-state index in [4.69, 9.17) is 4.74 Å². The highest BCUT2D eigenvalue weighted by atomic mass is 19.1. The highest BCUT2D eigenvalue weighted by Crippen LogP contribution is 2.16. The summed E-state index contributed by atoms with van der Waals surface area (Å²) in [5.41, 5.74) is 2.26. The number of ether oxygens (including phenoxy) is 1. The number of carbonyl (C=O) groups is 1. The summed E-state index contributed by atoms with van der Waals surface area (Å²) in [5.74, 6) is -0.609. The molecule has 0 amide bonds. The molecular weight excluding hydrogens is 269 g/mol. The Labute approximate surface area is 123 Å². The highest BCUT2D eigenvalue weighted by Gasteiger charge is 2.12. The van der Waals surface area contributed by atoms with Crippen molar-refractivity contribution in [2.75, 3.05) is 7.11 Å². The first-order valence-corrected chi connectivity index (χ1v) is 6.77. The molecule has 0 heterocycles. The largest absolute Gasteiger partial charge is 0.465 e. The third kappa shape index (κ3) is 3.89. The molecule has 1 N–H and O–H groups in total. The third-order valence-corrected chi connectivity index (χ3v) is 3.37. The molecule has 2 aromatic rings. The van der Waals surface area contributed by atoms with E-state index in [1.54, 1.807) is 18.2 Å². The predicted molar refractivity (Wildman–Crippen MR) is 79.4 cm³/mol. The molecular formula is C17H18FNO2. The predicted octanol–water partition coefficient (Wildman–Crippen LogP) is 3.46. The summed E-state index contributed by atoms with van der Waals surface area (Å²) in [6, 6.07) is 13.7. The van der Waals surface area contributed by atoms with Crippen molar-refractivity contribution < 1.29 is 13.9 Å². The third-order valence-electron chi connectivity index (χ3n) is 3.37. The number of nitrogens with one attached hydrogen (secondary N) is 1. The fourth-order valence-electron chi connectivity index (χ4n) is 2.14. The van der Waals surface area contributed by atoms with E-state index < -0.39 is 0 Å². The van der Waals surface area contributed by atoms with E-state index in [9.17, 15) is 9.18 Å². The first-order valence-electron chi connectivity index (χ1n) is 6.77. The van der Waals surface area contributed by atoms with Crippen LogP contribution in [0.25, 0.3) is 0 Å². The molecule has 0 aliphatic carbocycles. The van der Waals surface area contributed by atoms with Gasteiger partial charge in [0.25, 0.3) is 0 Å². The van der Waals surface area contributed by atoms with Crippen molar-refractivity contribution in [2.24, 2.45) is 0 Å². The molecule has 0 fully saturated rings. The van der Waals surface area contributed by atoms with E-state index in [2.05, 4.69) is 5.32 Å². The zero-order chi connectivity index (χ0) is 15.2. The summed E-state index contributed by atoms with van der Waals surface area (Å²) < 4.78 is 18.0. The Morgan fingerprint density at radius 2 is 2.00 bits per heavy atom. The van der Waals surface area contributed by atoms with Gasteiger partial charge >= 0.3 is 5.97 Å². The number of hydrogen-bond donors (Lipinski definition) is 1. The average molecular weight is 287 g/mol. The Balaban J connectivity index is 2.08. The van der Waals surface area contributed by atoms with Gasteiger partial charge < -0.3 is 10.1 Å². The van der Waals surface area contributed by atoms with Crippen LogP contribution in [0, 0.1) is 5.82 Å². The van der Waals surface area contributed by atoms with Gasteiger partial charge in [0, 0.05) is 12.6 Å². The van der Waals surface area contributed by atoms with Crippen molar-refractivity contribution in [3.8, 4) is 0 Å². The Kier molecular flexibility index (Phi) is 5.06. The lowest BCUT2D eigenvalue weighted by Crippen LogP contribution is -2.20. The van der Waals surface area contributed by atoms with E-state index >= 15 is 0 Å². The van der Waals surface area contributed by atoms with Gasteiger partial charge in [-0.3, -0.25) is 0 Å². The molecule has 0 saturated carbocycles. The second-order valence-corrected chi connectivity index (χ2v) is 4.81. The molecule has 110 valence electrons. The molecule has 3 nitrogen and oxygen atoms in total.